The molecule has 5 heteroatoms. The molecule has 2 aromatic rings. The van der Waals surface area contributed by atoms with Crippen molar-refractivity contribution >= 4 is 11.4 Å². The molecule has 0 fully saturated rings. The highest BCUT2D eigenvalue weighted by molar-refractivity contribution is 5.99. The lowest BCUT2D eigenvalue weighted by molar-refractivity contribution is -0.112. The molecule has 0 saturated heterocycles. The molecule has 0 saturated carbocycles. The lowest BCUT2D eigenvalue weighted by Gasteiger charge is -2.14. The van der Waals surface area contributed by atoms with Crippen LogP contribution in [0.3, 0.4) is 0 Å². The third kappa shape index (κ3) is 4.32. The molecule has 0 atom stereocenters. The predicted octanol–water partition coefficient (Wildman–Crippen LogP) is 3.74. The monoisotopic (exact) mass is 342 g/mol. The van der Waals surface area contributed by atoms with E-state index in [1.165, 1.54) is 6.92 Å². The molecule has 0 aliphatic carbocycles. The Kier molecular flexibility index (Phi) is 6.06. The van der Waals surface area contributed by atoms with E-state index < -0.39 is 0 Å². The molecular weight excluding hydrogens is 320 g/mol. The van der Waals surface area contributed by atoms with E-state index in [-0.39, 0.29) is 5.78 Å². The van der Waals surface area contributed by atoms with Crippen LogP contribution in [-0.4, -0.2) is 34.2 Å². The van der Waals surface area contributed by atoms with Gasteiger partial charge in [-0.1, -0.05) is 6.07 Å². The van der Waals surface area contributed by atoms with E-state index >= 15 is 0 Å². The quantitative estimate of drug-likeness (QED) is 0.718. The second kappa shape index (κ2) is 8.24. The van der Waals surface area contributed by atoms with Gasteiger partial charge in [-0.3, -0.25) is 4.79 Å². The smallest absolute Gasteiger partial charge is 0.161 e. The molecule has 2 aromatic carbocycles. The van der Waals surface area contributed by atoms with Gasteiger partial charge in [0.15, 0.2) is 17.3 Å². The normalized spacial score (nSPS) is 11.0. The Bertz CT molecular complexity index is 770. The third-order valence-corrected chi connectivity index (χ3v) is 3.70. The third-order valence-electron chi connectivity index (χ3n) is 3.70. The molecule has 0 spiro atoms. The molecule has 0 amide bonds. The van der Waals surface area contributed by atoms with Crippen LogP contribution in [0.25, 0.3) is 5.57 Å². The molecule has 0 aromatic heterocycles. The van der Waals surface area contributed by atoms with Gasteiger partial charge in [-0.05, 0) is 54.0 Å². The Morgan fingerprint density at radius 2 is 1.36 bits per heavy atom. The van der Waals surface area contributed by atoms with Crippen molar-refractivity contribution in [2.24, 2.45) is 0 Å². The van der Waals surface area contributed by atoms with Crippen molar-refractivity contribution in [2.45, 2.75) is 6.92 Å². The van der Waals surface area contributed by atoms with E-state index in [1.54, 1.807) is 46.6 Å². The van der Waals surface area contributed by atoms with Crippen LogP contribution in [0.4, 0.5) is 0 Å². The average Bonchev–Trinajstić information content (AvgIpc) is 2.64. The number of ether oxygens (including phenoxy) is 4. The molecule has 5 nitrogen and oxygen atoms in total. The lowest BCUT2D eigenvalue weighted by atomic mass is 9.96. The summed E-state index contributed by atoms with van der Waals surface area (Å²) in [7, 11) is 6.33. The highest BCUT2D eigenvalue weighted by Crippen LogP contribution is 2.35. The van der Waals surface area contributed by atoms with E-state index in [4.69, 9.17) is 18.9 Å². The van der Waals surface area contributed by atoms with Crippen LogP contribution in [0.2, 0.25) is 0 Å². The fourth-order valence-electron chi connectivity index (χ4n) is 2.50. The minimum atomic E-state index is -0.0634. The zero-order valence-electron chi connectivity index (χ0n) is 15.1. The summed E-state index contributed by atoms with van der Waals surface area (Å²) in [5.74, 6) is 2.43. The molecule has 0 N–H and O–H groups in total. The number of benzene rings is 2. The van der Waals surface area contributed by atoms with Gasteiger partial charge in [0.25, 0.3) is 0 Å². The highest BCUT2D eigenvalue weighted by Gasteiger charge is 2.13. The molecule has 0 unspecified atom stereocenters. The van der Waals surface area contributed by atoms with Gasteiger partial charge in [-0.15, -0.1) is 0 Å². The van der Waals surface area contributed by atoms with Gasteiger partial charge in [0.1, 0.15) is 11.5 Å². The van der Waals surface area contributed by atoms with Gasteiger partial charge in [0.05, 0.1) is 28.4 Å². The Morgan fingerprint density at radius 3 is 1.84 bits per heavy atom. The predicted molar refractivity (Wildman–Crippen MR) is 96.9 cm³/mol. The van der Waals surface area contributed by atoms with Crippen LogP contribution < -0.4 is 18.9 Å². The second-order valence-electron chi connectivity index (χ2n) is 5.34. The first-order valence-electron chi connectivity index (χ1n) is 7.70. The summed E-state index contributed by atoms with van der Waals surface area (Å²) in [5, 5.41) is 0. The number of hydrogen-bond acceptors (Lipinski definition) is 5. The van der Waals surface area contributed by atoms with Gasteiger partial charge in [0, 0.05) is 6.07 Å². The van der Waals surface area contributed by atoms with E-state index in [2.05, 4.69) is 0 Å². The first kappa shape index (κ1) is 18.4. The zero-order valence-corrected chi connectivity index (χ0v) is 15.1. The summed E-state index contributed by atoms with van der Waals surface area (Å²) in [6.45, 7) is 1.51. The molecule has 0 radical (unpaired) electrons. The van der Waals surface area contributed by atoms with Crippen molar-refractivity contribution in [2.75, 3.05) is 28.4 Å². The summed E-state index contributed by atoms with van der Waals surface area (Å²) in [5.41, 5.74) is 2.37. The Hall–Kier alpha value is -2.95. The molecule has 25 heavy (non-hydrogen) atoms. The van der Waals surface area contributed by atoms with E-state index in [0.29, 0.717) is 23.0 Å². The summed E-state index contributed by atoms with van der Waals surface area (Å²) >= 11 is 0. The number of methoxy groups -OCH3 is 4. The summed E-state index contributed by atoms with van der Waals surface area (Å²) < 4.78 is 21.3. The SMILES string of the molecule is COc1cc(OC)cc(/C(=C/C(C)=O)c2ccc(OC)c(OC)c2)c1. The summed E-state index contributed by atoms with van der Waals surface area (Å²) in [4.78, 5) is 11.8. The van der Waals surface area contributed by atoms with Crippen molar-refractivity contribution in [1.29, 1.82) is 0 Å². The molecular formula is C20H22O5. The van der Waals surface area contributed by atoms with Crippen LogP contribution >= 0.6 is 0 Å². The van der Waals surface area contributed by atoms with Crippen molar-refractivity contribution < 1.29 is 23.7 Å². The number of carbonyl (C=O) groups excluding carboxylic acids is 1. The van der Waals surface area contributed by atoms with E-state index in [0.717, 1.165) is 16.7 Å². The largest absolute Gasteiger partial charge is 0.497 e. The number of allylic oxidation sites excluding steroid dienone is 1. The minimum Gasteiger partial charge on any atom is -0.497 e. The van der Waals surface area contributed by atoms with Crippen molar-refractivity contribution in [3.63, 3.8) is 0 Å². The van der Waals surface area contributed by atoms with Crippen LogP contribution in [0.15, 0.2) is 42.5 Å². The Morgan fingerprint density at radius 1 is 0.760 bits per heavy atom. The number of rotatable bonds is 7. The van der Waals surface area contributed by atoms with Crippen LogP contribution in [-0.2, 0) is 4.79 Å². The fraction of sp³-hybridized carbons (Fsp3) is 0.250. The van der Waals surface area contributed by atoms with Gasteiger partial charge in [-0.25, -0.2) is 0 Å². The first-order valence-corrected chi connectivity index (χ1v) is 7.70. The minimum absolute atomic E-state index is 0.0634. The molecule has 0 bridgehead atoms. The number of carbonyl (C=O) groups is 1. The number of ketones is 1. The van der Waals surface area contributed by atoms with Crippen molar-refractivity contribution in [3.8, 4) is 23.0 Å². The maximum Gasteiger partial charge on any atom is 0.161 e. The topological polar surface area (TPSA) is 54.0 Å². The zero-order chi connectivity index (χ0) is 18.4. The van der Waals surface area contributed by atoms with Gasteiger partial charge in [-0.2, -0.15) is 0 Å². The molecule has 2 rings (SSSR count). The van der Waals surface area contributed by atoms with Crippen LogP contribution in [0, 0.1) is 0 Å². The molecule has 0 aliphatic heterocycles. The molecule has 132 valence electrons. The highest BCUT2D eigenvalue weighted by atomic mass is 16.5. The van der Waals surface area contributed by atoms with E-state index in [1.807, 2.05) is 24.3 Å². The maximum atomic E-state index is 11.8. The number of hydrogen-bond donors (Lipinski definition) is 0. The van der Waals surface area contributed by atoms with Gasteiger partial charge >= 0.3 is 0 Å². The summed E-state index contributed by atoms with van der Waals surface area (Å²) in [6.07, 6.45) is 1.58. The van der Waals surface area contributed by atoms with Crippen molar-refractivity contribution in [3.05, 3.63) is 53.6 Å². The van der Waals surface area contributed by atoms with E-state index in [9.17, 15) is 4.79 Å². The molecule has 0 aliphatic rings. The lowest BCUT2D eigenvalue weighted by Crippen LogP contribution is -1.97. The molecule has 0 heterocycles. The van der Waals surface area contributed by atoms with Gasteiger partial charge < -0.3 is 18.9 Å². The van der Waals surface area contributed by atoms with Crippen LogP contribution in [0.1, 0.15) is 18.1 Å². The van der Waals surface area contributed by atoms with Gasteiger partial charge in [0.2, 0.25) is 0 Å². The second-order valence-corrected chi connectivity index (χ2v) is 5.34. The Balaban J connectivity index is 2.64. The fourth-order valence-corrected chi connectivity index (χ4v) is 2.50. The van der Waals surface area contributed by atoms with Crippen LogP contribution in [0.5, 0.6) is 23.0 Å². The summed E-state index contributed by atoms with van der Waals surface area (Å²) in [6, 6.07) is 11.0. The van der Waals surface area contributed by atoms with Crippen molar-refractivity contribution in [1.82, 2.24) is 0 Å². The Labute approximate surface area is 147 Å². The maximum absolute atomic E-state index is 11.8. The average molecular weight is 342 g/mol. The first-order chi connectivity index (χ1) is 12.0. The standard InChI is InChI=1S/C20H22O5/c1-13(21)8-18(14-6-7-19(24-4)20(11-14)25-5)15-9-16(22-2)12-17(10-15)23-3/h6-12H,1-5H3/b18-8+.